The molecule has 0 saturated carbocycles. The summed E-state index contributed by atoms with van der Waals surface area (Å²) in [6, 6.07) is 1.79. The van der Waals surface area contributed by atoms with Gasteiger partial charge < -0.3 is 16.0 Å². The minimum Gasteiger partial charge on any atom is -0.394 e. The van der Waals surface area contributed by atoms with Crippen LogP contribution in [0, 0.1) is 0 Å². The highest BCUT2D eigenvalue weighted by molar-refractivity contribution is 5.38. The van der Waals surface area contributed by atoms with E-state index in [-0.39, 0.29) is 5.56 Å². The van der Waals surface area contributed by atoms with Crippen molar-refractivity contribution in [3.8, 4) is 0 Å². The molecule has 0 amide bonds. The van der Waals surface area contributed by atoms with E-state index < -0.39 is 0 Å². The Hall–Kier alpha value is -1.29. The molecule has 76 valence electrons. The smallest absolute Gasteiger partial charge is 0.271 e. The number of aromatic amines is 1. The third-order valence-electron chi connectivity index (χ3n) is 2.72. The number of nitrogens with two attached hydrogens (primary N) is 1. The first kappa shape index (κ1) is 9.27. The molecule has 1 atom stereocenters. The maximum Gasteiger partial charge on any atom is 0.271 e. The summed E-state index contributed by atoms with van der Waals surface area (Å²) >= 11 is 0. The van der Waals surface area contributed by atoms with Gasteiger partial charge in [0.15, 0.2) is 0 Å². The van der Waals surface area contributed by atoms with E-state index >= 15 is 0 Å². The van der Waals surface area contributed by atoms with E-state index in [0.29, 0.717) is 11.6 Å². The lowest BCUT2D eigenvalue weighted by Gasteiger charge is -2.22. The van der Waals surface area contributed by atoms with Crippen LogP contribution in [0.25, 0.3) is 0 Å². The van der Waals surface area contributed by atoms with Gasteiger partial charge in [-0.1, -0.05) is 0 Å². The molecule has 1 aliphatic heterocycles. The first-order valence-corrected chi connectivity index (χ1v) is 4.96. The molecular weight excluding hydrogens is 178 g/mol. The van der Waals surface area contributed by atoms with Gasteiger partial charge in [0.2, 0.25) is 0 Å². The lowest BCUT2D eigenvalue weighted by molar-refractivity contribution is 0.461. The maximum absolute atomic E-state index is 11.1. The van der Waals surface area contributed by atoms with E-state index in [1.807, 2.05) is 0 Å². The van der Waals surface area contributed by atoms with Crippen LogP contribution in [0.15, 0.2) is 17.1 Å². The zero-order valence-corrected chi connectivity index (χ0v) is 8.05. The van der Waals surface area contributed by atoms with Crippen molar-refractivity contribution in [2.24, 2.45) is 0 Å². The number of aromatic nitrogens is 1. The van der Waals surface area contributed by atoms with Crippen molar-refractivity contribution in [2.75, 3.05) is 18.8 Å². The summed E-state index contributed by atoms with van der Waals surface area (Å²) in [5.41, 5.74) is 6.81. The second kappa shape index (κ2) is 3.84. The van der Waals surface area contributed by atoms with Crippen LogP contribution in [-0.2, 0) is 0 Å². The third kappa shape index (κ3) is 1.80. The van der Waals surface area contributed by atoms with Crippen LogP contribution in [-0.4, -0.2) is 18.1 Å². The third-order valence-corrected chi connectivity index (χ3v) is 2.72. The highest BCUT2D eigenvalue weighted by Gasteiger charge is 2.15. The average molecular weight is 193 g/mol. The van der Waals surface area contributed by atoms with Crippen LogP contribution in [0.5, 0.6) is 0 Å². The molecule has 1 aromatic rings. The summed E-state index contributed by atoms with van der Waals surface area (Å²) in [6.07, 6.45) is 4.12. The van der Waals surface area contributed by atoms with Crippen LogP contribution in [0.3, 0.4) is 0 Å². The van der Waals surface area contributed by atoms with Crippen LogP contribution in [0.1, 0.15) is 24.3 Å². The second-order valence-electron chi connectivity index (χ2n) is 3.76. The molecule has 0 aromatic carbocycles. The first-order chi connectivity index (χ1) is 6.77. The number of nitrogens with one attached hydrogen (secondary N) is 2. The number of hydrogen-bond acceptors (Lipinski definition) is 3. The standard InChI is InChI=1S/C10H15N3O/c11-9-4-8(6-13-10(9)14)7-2-1-3-12-5-7/h4,6-7,12H,1-3,5,11H2,(H,13,14). The molecule has 2 rings (SSSR count). The van der Waals surface area contributed by atoms with Gasteiger partial charge in [-0.2, -0.15) is 0 Å². The molecule has 1 aromatic heterocycles. The molecule has 4 nitrogen and oxygen atoms in total. The molecule has 0 spiro atoms. The molecule has 2 heterocycles. The van der Waals surface area contributed by atoms with Gasteiger partial charge in [0, 0.05) is 12.7 Å². The number of rotatable bonds is 1. The Morgan fingerprint density at radius 1 is 1.50 bits per heavy atom. The van der Waals surface area contributed by atoms with Gasteiger partial charge in [-0.15, -0.1) is 0 Å². The number of nitrogen functional groups attached to an aromatic ring is 1. The second-order valence-corrected chi connectivity index (χ2v) is 3.76. The van der Waals surface area contributed by atoms with Crippen molar-refractivity contribution in [1.82, 2.24) is 10.3 Å². The normalized spacial score (nSPS) is 22.1. The van der Waals surface area contributed by atoms with E-state index in [1.165, 1.54) is 12.8 Å². The van der Waals surface area contributed by atoms with Crippen molar-refractivity contribution in [1.29, 1.82) is 0 Å². The van der Waals surface area contributed by atoms with Crippen LogP contribution >= 0.6 is 0 Å². The maximum atomic E-state index is 11.1. The lowest BCUT2D eigenvalue weighted by atomic mass is 9.93. The number of H-pyrrole nitrogens is 1. The van der Waals surface area contributed by atoms with Gasteiger partial charge in [0.05, 0.1) is 5.69 Å². The van der Waals surface area contributed by atoms with E-state index in [0.717, 1.165) is 18.7 Å². The zero-order valence-electron chi connectivity index (χ0n) is 8.05. The predicted octanol–water partition coefficient (Wildman–Crippen LogP) is 0.424. The van der Waals surface area contributed by atoms with Gasteiger partial charge in [0.1, 0.15) is 0 Å². The SMILES string of the molecule is Nc1cc(C2CCCNC2)c[nH]c1=O. The van der Waals surface area contributed by atoms with Crippen molar-refractivity contribution in [3.05, 3.63) is 28.2 Å². The molecule has 1 aliphatic rings. The van der Waals surface area contributed by atoms with E-state index in [4.69, 9.17) is 5.73 Å². The summed E-state index contributed by atoms with van der Waals surface area (Å²) in [5.74, 6) is 0.489. The Kier molecular flexibility index (Phi) is 2.54. The molecule has 1 unspecified atom stereocenters. The first-order valence-electron chi connectivity index (χ1n) is 4.96. The highest BCUT2D eigenvalue weighted by atomic mass is 16.1. The fraction of sp³-hybridized carbons (Fsp3) is 0.500. The van der Waals surface area contributed by atoms with E-state index in [2.05, 4.69) is 10.3 Å². The minimum absolute atomic E-state index is 0.197. The molecule has 0 aliphatic carbocycles. The van der Waals surface area contributed by atoms with E-state index in [9.17, 15) is 4.79 Å². The number of hydrogen-bond donors (Lipinski definition) is 3. The molecule has 1 saturated heterocycles. The van der Waals surface area contributed by atoms with Crippen LogP contribution < -0.4 is 16.6 Å². The highest BCUT2D eigenvalue weighted by Crippen LogP contribution is 2.22. The Labute approximate surface area is 82.5 Å². The quantitative estimate of drug-likeness (QED) is 0.605. The van der Waals surface area contributed by atoms with Crippen molar-refractivity contribution in [3.63, 3.8) is 0 Å². The Bertz CT molecular complexity index is 366. The van der Waals surface area contributed by atoms with Crippen molar-refractivity contribution in [2.45, 2.75) is 18.8 Å². The van der Waals surface area contributed by atoms with Gasteiger partial charge in [0.25, 0.3) is 5.56 Å². The molecule has 4 heteroatoms. The Morgan fingerprint density at radius 3 is 3.00 bits per heavy atom. The Balaban J connectivity index is 2.22. The molecular formula is C10H15N3O. The molecule has 0 radical (unpaired) electrons. The molecule has 14 heavy (non-hydrogen) atoms. The molecule has 0 bridgehead atoms. The summed E-state index contributed by atoms with van der Waals surface area (Å²) < 4.78 is 0. The fourth-order valence-corrected chi connectivity index (χ4v) is 1.89. The van der Waals surface area contributed by atoms with Gasteiger partial charge >= 0.3 is 0 Å². The largest absolute Gasteiger partial charge is 0.394 e. The zero-order chi connectivity index (χ0) is 9.97. The number of piperidine rings is 1. The topological polar surface area (TPSA) is 70.9 Å². The summed E-state index contributed by atoms with van der Waals surface area (Å²) in [6.45, 7) is 2.07. The summed E-state index contributed by atoms with van der Waals surface area (Å²) in [7, 11) is 0. The summed E-state index contributed by atoms with van der Waals surface area (Å²) in [5, 5.41) is 3.33. The van der Waals surface area contributed by atoms with Gasteiger partial charge in [-0.3, -0.25) is 4.79 Å². The Morgan fingerprint density at radius 2 is 2.36 bits per heavy atom. The predicted molar refractivity (Wildman–Crippen MR) is 56.3 cm³/mol. The number of anilines is 1. The molecule has 1 fully saturated rings. The van der Waals surface area contributed by atoms with Crippen molar-refractivity contribution >= 4 is 5.69 Å². The number of pyridine rings is 1. The lowest BCUT2D eigenvalue weighted by Crippen LogP contribution is -2.29. The average Bonchev–Trinajstić information content (AvgIpc) is 2.23. The van der Waals surface area contributed by atoms with E-state index in [1.54, 1.807) is 12.3 Å². The van der Waals surface area contributed by atoms with Crippen LogP contribution in [0.2, 0.25) is 0 Å². The monoisotopic (exact) mass is 193 g/mol. The summed E-state index contributed by atoms with van der Waals surface area (Å²) in [4.78, 5) is 13.7. The minimum atomic E-state index is -0.197. The van der Waals surface area contributed by atoms with Gasteiger partial charge in [-0.25, -0.2) is 0 Å². The van der Waals surface area contributed by atoms with Crippen molar-refractivity contribution < 1.29 is 0 Å². The van der Waals surface area contributed by atoms with Crippen LogP contribution in [0.4, 0.5) is 5.69 Å². The molecule has 4 N–H and O–H groups in total. The fourth-order valence-electron chi connectivity index (χ4n) is 1.89. The van der Waals surface area contributed by atoms with Gasteiger partial charge in [-0.05, 0) is 36.9 Å².